The maximum atomic E-state index is 11.4. The average molecular weight is 377 g/mol. The Hall–Kier alpha value is -1.39. The van der Waals surface area contributed by atoms with Crippen molar-refractivity contribution in [1.29, 1.82) is 0 Å². The predicted molar refractivity (Wildman–Crippen MR) is 102 cm³/mol. The molecule has 3 nitrogen and oxygen atoms in total. The number of benzene rings is 1. The Kier molecular flexibility index (Phi) is 6.19. The summed E-state index contributed by atoms with van der Waals surface area (Å²) in [6, 6.07) is 6.39. The van der Waals surface area contributed by atoms with Crippen molar-refractivity contribution in [3.05, 3.63) is 41.6 Å². The van der Waals surface area contributed by atoms with Gasteiger partial charge in [-0.1, -0.05) is 19.1 Å². The monoisotopic (exact) mass is 376 g/mol. The fourth-order valence-electron chi connectivity index (χ4n) is 3.23. The summed E-state index contributed by atoms with van der Waals surface area (Å²) in [4.78, 5) is 17.2. The molecule has 1 fully saturated rings. The van der Waals surface area contributed by atoms with Gasteiger partial charge in [0.2, 0.25) is 0 Å². The van der Waals surface area contributed by atoms with E-state index in [1.807, 2.05) is 13.0 Å². The van der Waals surface area contributed by atoms with Crippen molar-refractivity contribution in [2.24, 2.45) is 0 Å². The smallest absolute Gasteiger partial charge is 0.155 e. The second-order valence-electron chi connectivity index (χ2n) is 6.28. The number of aromatic nitrogens is 1. The lowest BCUT2D eigenvalue weighted by molar-refractivity contribution is -0.114. The maximum absolute atomic E-state index is 11.4. The third kappa shape index (κ3) is 4.12. The van der Waals surface area contributed by atoms with Gasteiger partial charge in [-0.05, 0) is 68.2 Å². The standard InChI is InChI=1S/C19H24N2O.BrH/c1-3-16(22)6-4-14-5-7-19-17(12-14)18(13-20-19)15-8-10-21(2)11-9-15;/h4-7,12-13,15,20H,3,8-11H2,1-2H3;1H. The lowest BCUT2D eigenvalue weighted by Gasteiger charge is -2.28. The van der Waals surface area contributed by atoms with Gasteiger partial charge in [0.15, 0.2) is 5.78 Å². The summed E-state index contributed by atoms with van der Waals surface area (Å²) in [7, 11) is 2.19. The van der Waals surface area contributed by atoms with Gasteiger partial charge in [-0.25, -0.2) is 0 Å². The quantitative estimate of drug-likeness (QED) is 0.794. The van der Waals surface area contributed by atoms with Crippen LogP contribution in [0.4, 0.5) is 0 Å². The molecule has 124 valence electrons. The van der Waals surface area contributed by atoms with Crippen molar-refractivity contribution in [3.63, 3.8) is 0 Å². The number of ketones is 1. The molecule has 2 heterocycles. The molecule has 0 unspecified atom stereocenters. The van der Waals surface area contributed by atoms with E-state index in [4.69, 9.17) is 0 Å². The number of hydrogen-bond donors (Lipinski definition) is 1. The molecule has 0 spiro atoms. The van der Waals surface area contributed by atoms with Gasteiger partial charge in [0.25, 0.3) is 0 Å². The highest BCUT2D eigenvalue weighted by molar-refractivity contribution is 8.93. The maximum Gasteiger partial charge on any atom is 0.155 e. The Balaban J connectivity index is 0.00000192. The Morgan fingerprint density at radius 3 is 2.78 bits per heavy atom. The Labute approximate surface area is 148 Å². The third-order valence-corrected chi connectivity index (χ3v) is 4.71. The van der Waals surface area contributed by atoms with Crippen LogP contribution in [0.25, 0.3) is 17.0 Å². The van der Waals surface area contributed by atoms with E-state index < -0.39 is 0 Å². The second kappa shape index (κ2) is 7.93. The first-order chi connectivity index (χ1) is 10.7. The summed E-state index contributed by atoms with van der Waals surface area (Å²) in [5.41, 5.74) is 3.72. The van der Waals surface area contributed by atoms with Crippen LogP contribution in [0.1, 0.15) is 43.2 Å². The molecule has 3 rings (SSSR count). The van der Waals surface area contributed by atoms with Gasteiger partial charge in [-0.3, -0.25) is 4.79 Å². The molecule has 1 aromatic heterocycles. The molecule has 1 aromatic carbocycles. The molecule has 1 N–H and O–H groups in total. The molecule has 0 amide bonds. The van der Waals surface area contributed by atoms with E-state index in [1.54, 1.807) is 6.08 Å². The van der Waals surface area contributed by atoms with Gasteiger partial charge in [0.1, 0.15) is 0 Å². The lowest BCUT2D eigenvalue weighted by Crippen LogP contribution is -2.29. The van der Waals surface area contributed by atoms with Gasteiger partial charge in [-0.15, -0.1) is 17.0 Å². The number of nitrogens with one attached hydrogen (secondary N) is 1. The van der Waals surface area contributed by atoms with Crippen LogP contribution in [-0.2, 0) is 4.79 Å². The number of hydrogen-bond acceptors (Lipinski definition) is 2. The average Bonchev–Trinajstić information content (AvgIpc) is 2.96. The minimum atomic E-state index is 0. The lowest BCUT2D eigenvalue weighted by atomic mass is 9.89. The van der Waals surface area contributed by atoms with Crippen molar-refractivity contribution in [3.8, 4) is 0 Å². The molecule has 1 aliphatic heterocycles. The molecule has 4 heteroatoms. The first-order valence-corrected chi connectivity index (χ1v) is 8.18. The van der Waals surface area contributed by atoms with E-state index >= 15 is 0 Å². The Morgan fingerprint density at radius 2 is 2.09 bits per heavy atom. The molecule has 2 aromatic rings. The van der Waals surface area contributed by atoms with E-state index in [0.29, 0.717) is 12.3 Å². The van der Waals surface area contributed by atoms with Crippen molar-refractivity contribution in [2.45, 2.75) is 32.1 Å². The number of carbonyl (C=O) groups is 1. The molecule has 1 aliphatic rings. The highest BCUT2D eigenvalue weighted by Crippen LogP contribution is 2.33. The van der Waals surface area contributed by atoms with E-state index in [2.05, 4.69) is 41.3 Å². The van der Waals surface area contributed by atoms with E-state index in [1.165, 1.54) is 42.4 Å². The van der Waals surface area contributed by atoms with Crippen LogP contribution in [0.5, 0.6) is 0 Å². The molecule has 23 heavy (non-hydrogen) atoms. The number of halogens is 1. The minimum Gasteiger partial charge on any atom is -0.361 e. The number of allylic oxidation sites excluding steroid dienone is 1. The van der Waals surface area contributed by atoms with Gasteiger partial charge < -0.3 is 9.88 Å². The molecule has 0 aliphatic carbocycles. The summed E-state index contributed by atoms with van der Waals surface area (Å²) < 4.78 is 0. The number of carbonyl (C=O) groups excluding carboxylic acids is 1. The summed E-state index contributed by atoms with van der Waals surface area (Å²) >= 11 is 0. The van der Waals surface area contributed by atoms with Crippen LogP contribution in [0, 0.1) is 0 Å². The van der Waals surface area contributed by atoms with Crippen LogP contribution >= 0.6 is 17.0 Å². The molecule has 0 saturated carbocycles. The third-order valence-electron chi connectivity index (χ3n) is 4.71. The number of H-pyrrole nitrogens is 1. The van der Waals surface area contributed by atoms with Crippen LogP contribution in [0.3, 0.4) is 0 Å². The van der Waals surface area contributed by atoms with Crippen molar-refractivity contribution in [1.82, 2.24) is 9.88 Å². The van der Waals surface area contributed by atoms with Gasteiger partial charge in [0.05, 0.1) is 0 Å². The predicted octanol–water partition coefficient (Wildman–Crippen LogP) is 4.55. The summed E-state index contributed by atoms with van der Waals surface area (Å²) in [6.07, 6.45) is 8.78. The highest BCUT2D eigenvalue weighted by atomic mass is 79.9. The molecule has 0 atom stereocenters. The second-order valence-corrected chi connectivity index (χ2v) is 6.28. The number of nitrogens with zero attached hydrogens (tertiary/aromatic N) is 1. The van der Waals surface area contributed by atoms with Gasteiger partial charge in [0, 0.05) is 23.5 Å². The first kappa shape index (κ1) is 18.0. The molecule has 0 bridgehead atoms. The van der Waals surface area contributed by atoms with Crippen LogP contribution in [-0.4, -0.2) is 35.8 Å². The zero-order valence-electron chi connectivity index (χ0n) is 13.8. The number of rotatable bonds is 4. The number of fused-ring (bicyclic) bond motifs is 1. The summed E-state index contributed by atoms with van der Waals surface area (Å²) in [5.74, 6) is 0.811. The molecule has 1 saturated heterocycles. The van der Waals surface area contributed by atoms with E-state index in [9.17, 15) is 4.79 Å². The minimum absolute atomic E-state index is 0. The Morgan fingerprint density at radius 1 is 1.35 bits per heavy atom. The van der Waals surface area contributed by atoms with Crippen LogP contribution in [0.15, 0.2) is 30.5 Å². The SMILES string of the molecule is Br.CCC(=O)C=Cc1ccc2[nH]cc(C3CCN(C)CC3)c2c1. The Bertz CT molecular complexity index is 696. The number of likely N-dealkylation sites (tertiary alicyclic amines) is 1. The fraction of sp³-hybridized carbons (Fsp3) is 0.421. The molecular formula is C19H25BrN2O. The largest absolute Gasteiger partial charge is 0.361 e. The fourth-order valence-corrected chi connectivity index (χ4v) is 3.23. The first-order valence-electron chi connectivity index (χ1n) is 8.18. The number of aromatic amines is 1. The molecular weight excluding hydrogens is 352 g/mol. The van der Waals surface area contributed by atoms with Crippen molar-refractivity contribution in [2.75, 3.05) is 20.1 Å². The van der Waals surface area contributed by atoms with Crippen LogP contribution < -0.4 is 0 Å². The highest BCUT2D eigenvalue weighted by Gasteiger charge is 2.20. The number of piperidine rings is 1. The zero-order chi connectivity index (χ0) is 15.5. The van der Waals surface area contributed by atoms with Crippen LogP contribution in [0.2, 0.25) is 0 Å². The van der Waals surface area contributed by atoms with Crippen molar-refractivity contribution < 1.29 is 4.79 Å². The van der Waals surface area contributed by atoms with Gasteiger partial charge >= 0.3 is 0 Å². The normalized spacial score (nSPS) is 16.8. The van der Waals surface area contributed by atoms with Crippen molar-refractivity contribution >= 4 is 39.7 Å². The topological polar surface area (TPSA) is 36.1 Å². The molecule has 0 radical (unpaired) electrons. The summed E-state index contributed by atoms with van der Waals surface area (Å²) in [5, 5.41) is 1.31. The van der Waals surface area contributed by atoms with E-state index in [0.717, 1.165) is 5.56 Å². The van der Waals surface area contributed by atoms with Gasteiger partial charge in [-0.2, -0.15) is 0 Å². The zero-order valence-corrected chi connectivity index (χ0v) is 15.6. The van der Waals surface area contributed by atoms with E-state index in [-0.39, 0.29) is 22.8 Å². The summed E-state index contributed by atoms with van der Waals surface area (Å²) in [6.45, 7) is 4.23.